The Bertz CT molecular complexity index is 538. The molecule has 3 nitrogen and oxygen atoms in total. The number of rotatable bonds is 5. The lowest BCUT2D eigenvalue weighted by Gasteiger charge is -2.24. The number of para-hydroxylation sites is 1. The highest BCUT2D eigenvalue weighted by atomic mass is 35.5. The van der Waals surface area contributed by atoms with Crippen molar-refractivity contribution >= 4 is 34.7 Å². The molecule has 0 saturated heterocycles. The molecule has 2 N–H and O–H groups in total. The number of aliphatic imine (C=N–C) groups is 1. The lowest BCUT2D eigenvalue weighted by atomic mass is 9.95. The van der Waals surface area contributed by atoms with E-state index in [1.807, 2.05) is 18.2 Å². The zero-order valence-electron chi connectivity index (χ0n) is 15.0. The largest absolute Gasteiger partial charge is 0.342 e. The molecule has 1 saturated carbocycles. The number of nitrogens with one attached hydrogen (secondary N) is 2. The standard InChI is InChI=1S/C19H29Cl2N3/c1-19(2,3)24-17(12-13-22-14-8-5-4-6-9-14)23-18-15(20)10-7-11-16(18)21/h7,10-11,14,22H,4-6,8-9,12-13H2,1-3H3,(H,23,24). The van der Waals surface area contributed by atoms with Crippen LogP contribution in [0.1, 0.15) is 59.3 Å². The molecule has 5 heteroatoms. The van der Waals surface area contributed by atoms with Crippen LogP contribution in [0.4, 0.5) is 5.69 Å². The zero-order chi connectivity index (χ0) is 17.6. The number of hydrogen-bond donors (Lipinski definition) is 2. The molecule has 0 aliphatic heterocycles. The number of hydrogen-bond acceptors (Lipinski definition) is 2. The van der Waals surface area contributed by atoms with Crippen LogP contribution in [-0.4, -0.2) is 24.0 Å². The van der Waals surface area contributed by atoms with Gasteiger partial charge in [-0.25, -0.2) is 0 Å². The molecule has 1 fully saturated rings. The summed E-state index contributed by atoms with van der Waals surface area (Å²) in [5, 5.41) is 8.25. The maximum atomic E-state index is 6.28. The van der Waals surface area contributed by atoms with E-state index in [9.17, 15) is 0 Å². The lowest BCUT2D eigenvalue weighted by Crippen LogP contribution is -2.34. The SMILES string of the molecule is CC(C)(C)N=C(CCNC1CCCCC1)Nc1c(Cl)cccc1Cl. The number of amidine groups is 1. The fourth-order valence-electron chi connectivity index (χ4n) is 3.01. The van der Waals surface area contributed by atoms with Gasteiger partial charge in [0.15, 0.2) is 0 Å². The first-order chi connectivity index (χ1) is 11.3. The fraction of sp³-hybridized carbons (Fsp3) is 0.632. The molecular weight excluding hydrogens is 341 g/mol. The summed E-state index contributed by atoms with van der Waals surface area (Å²) < 4.78 is 0. The predicted molar refractivity (Wildman–Crippen MR) is 107 cm³/mol. The summed E-state index contributed by atoms with van der Waals surface area (Å²) >= 11 is 12.6. The van der Waals surface area contributed by atoms with Gasteiger partial charge in [-0.15, -0.1) is 0 Å². The van der Waals surface area contributed by atoms with E-state index >= 15 is 0 Å². The second-order valence-electron chi connectivity index (χ2n) is 7.49. The van der Waals surface area contributed by atoms with Gasteiger partial charge in [0.25, 0.3) is 0 Å². The summed E-state index contributed by atoms with van der Waals surface area (Å²) in [6.45, 7) is 7.20. The van der Waals surface area contributed by atoms with E-state index < -0.39 is 0 Å². The van der Waals surface area contributed by atoms with Crippen LogP contribution in [0.3, 0.4) is 0 Å². The Labute approximate surface area is 156 Å². The predicted octanol–water partition coefficient (Wildman–Crippen LogP) is 5.91. The fourth-order valence-corrected chi connectivity index (χ4v) is 3.51. The van der Waals surface area contributed by atoms with Crippen molar-refractivity contribution in [3.05, 3.63) is 28.2 Å². The molecule has 0 radical (unpaired) electrons. The minimum atomic E-state index is -0.152. The molecule has 1 aliphatic rings. The Kier molecular flexibility index (Phi) is 7.39. The molecule has 0 aromatic heterocycles. The maximum Gasteiger partial charge on any atom is 0.103 e. The van der Waals surface area contributed by atoms with Gasteiger partial charge in [-0.1, -0.05) is 48.5 Å². The summed E-state index contributed by atoms with van der Waals surface area (Å²) in [6.07, 6.45) is 7.46. The van der Waals surface area contributed by atoms with Gasteiger partial charge < -0.3 is 10.6 Å². The smallest absolute Gasteiger partial charge is 0.103 e. The first kappa shape index (κ1) is 19.6. The lowest BCUT2D eigenvalue weighted by molar-refractivity contribution is 0.377. The van der Waals surface area contributed by atoms with E-state index in [-0.39, 0.29) is 5.54 Å². The zero-order valence-corrected chi connectivity index (χ0v) is 16.5. The Morgan fingerprint density at radius 3 is 2.33 bits per heavy atom. The van der Waals surface area contributed by atoms with Gasteiger partial charge >= 0.3 is 0 Å². The molecule has 1 aliphatic carbocycles. The number of benzene rings is 1. The van der Waals surface area contributed by atoms with E-state index in [4.69, 9.17) is 28.2 Å². The normalized spacial score (nSPS) is 17.1. The molecule has 0 amide bonds. The minimum Gasteiger partial charge on any atom is -0.342 e. The summed E-state index contributed by atoms with van der Waals surface area (Å²) in [5.41, 5.74) is 0.586. The number of halogens is 2. The molecule has 24 heavy (non-hydrogen) atoms. The number of nitrogens with zero attached hydrogens (tertiary/aromatic N) is 1. The average Bonchev–Trinajstić information content (AvgIpc) is 2.50. The van der Waals surface area contributed by atoms with E-state index in [0.29, 0.717) is 16.1 Å². The van der Waals surface area contributed by atoms with Crippen molar-refractivity contribution in [1.29, 1.82) is 0 Å². The average molecular weight is 370 g/mol. The van der Waals surface area contributed by atoms with E-state index in [1.165, 1.54) is 32.1 Å². The molecule has 0 heterocycles. The molecule has 0 atom stereocenters. The third-order valence-electron chi connectivity index (χ3n) is 4.10. The molecule has 1 aromatic carbocycles. The van der Waals surface area contributed by atoms with Crippen LogP contribution >= 0.6 is 23.2 Å². The summed E-state index contributed by atoms with van der Waals surface area (Å²) in [7, 11) is 0. The Hall–Kier alpha value is -0.770. The van der Waals surface area contributed by atoms with Crippen LogP contribution in [0.5, 0.6) is 0 Å². The second kappa shape index (κ2) is 9.07. The molecular formula is C19H29Cl2N3. The van der Waals surface area contributed by atoms with Crippen LogP contribution in [0.25, 0.3) is 0 Å². The topological polar surface area (TPSA) is 36.4 Å². The van der Waals surface area contributed by atoms with Crippen molar-refractivity contribution in [2.24, 2.45) is 4.99 Å². The van der Waals surface area contributed by atoms with Gasteiger partial charge in [0.1, 0.15) is 5.84 Å². The van der Waals surface area contributed by atoms with Crippen molar-refractivity contribution in [2.75, 3.05) is 11.9 Å². The third-order valence-corrected chi connectivity index (χ3v) is 4.73. The van der Waals surface area contributed by atoms with E-state index in [1.54, 1.807) is 0 Å². The molecule has 0 spiro atoms. The summed E-state index contributed by atoms with van der Waals surface area (Å²) in [5.74, 6) is 0.917. The summed E-state index contributed by atoms with van der Waals surface area (Å²) in [6, 6.07) is 6.18. The van der Waals surface area contributed by atoms with Gasteiger partial charge in [0, 0.05) is 19.0 Å². The van der Waals surface area contributed by atoms with E-state index in [2.05, 4.69) is 31.4 Å². The highest BCUT2D eigenvalue weighted by Gasteiger charge is 2.15. The van der Waals surface area contributed by atoms with Crippen molar-refractivity contribution in [3.8, 4) is 0 Å². The maximum absolute atomic E-state index is 6.28. The van der Waals surface area contributed by atoms with Crippen LogP contribution in [0.15, 0.2) is 23.2 Å². The van der Waals surface area contributed by atoms with Crippen LogP contribution < -0.4 is 10.6 Å². The Morgan fingerprint density at radius 2 is 1.75 bits per heavy atom. The molecule has 0 bridgehead atoms. The second-order valence-corrected chi connectivity index (χ2v) is 8.30. The quantitative estimate of drug-likeness (QED) is 0.499. The summed E-state index contributed by atoms with van der Waals surface area (Å²) in [4.78, 5) is 4.82. The van der Waals surface area contributed by atoms with Crippen LogP contribution in [0.2, 0.25) is 10.0 Å². The molecule has 1 aromatic rings. The van der Waals surface area contributed by atoms with Crippen molar-refractivity contribution in [2.45, 2.75) is 70.9 Å². The van der Waals surface area contributed by atoms with Gasteiger partial charge in [-0.2, -0.15) is 0 Å². The third kappa shape index (κ3) is 6.62. The van der Waals surface area contributed by atoms with Crippen molar-refractivity contribution < 1.29 is 0 Å². The van der Waals surface area contributed by atoms with Gasteiger partial charge in [-0.05, 0) is 45.7 Å². The highest BCUT2D eigenvalue weighted by molar-refractivity contribution is 6.39. The Morgan fingerprint density at radius 1 is 1.12 bits per heavy atom. The minimum absolute atomic E-state index is 0.152. The monoisotopic (exact) mass is 369 g/mol. The highest BCUT2D eigenvalue weighted by Crippen LogP contribution is 2.30. The van der Waals surface area contributed by atoms with E-state index in [0.717, 1.165) is 24.5 Å². The van der Waals surface area contributed by atoms with Gasteiger partial charge in [-0.3, -0.25) is 4.99 Å². The van der Waals surface area contributed by atoms with Gasteiger partial charge in [0.05, 0.1) is 21.3 Å². The first-order valence-electron chi connectivity index (χ1n) is 8.88. The Balaban J connectivity index is 2.01. The number of anilines is 1. The molecule has 134 valence electrons. The first-order valence-corrected chi connectivity index (χ1v) is 9.64. The van der Waals surface area contributed by atoms with Crippen LogP contribution in [0, 0.1) is 0 Å². The van der Waals surface area contributed by atoms with Crippen molar-refractivity contribution in [1.82, 2.24) is 5.32 Å². The molecule has 0 unspecified atom stereocenters. The van der Waals surface area contributed by atoms with Crippen LogP contribution in [-0.2, 0) is 0 Å². The molecule has 2 rings (SSSR count). The van der Waals surface area contributed by atoms with Gasteiger partial charge in [0.2, 0.25) is 0 Å². The van der Waals surface area contributed by atoms with Crippen molar-refractivity contribution in [3.63, 3.8) is 0 Å².